The molecule has 6 heteroatoms. The van der Waals surface area contributed by atoms with Crippen LogP contribution >= 0.6 is 0 Å². The summed E-state index contributed by atoms with van der Waals surface area (Å²) in [7, 11) is 1.63. The molecule has 1 fully saturated rings. The SMILES string of the molecule is COc1ccc(-c2noc([C@@H]3CCN(Cc4ccccc4F)C3)n2)cc1. The van der Waals surface area contributed by atoms with E-state index in [-0.39, 0.29) is 11.7 Å². The quantitative estimate of drug-likeness (QED) is 0.697. The van der Waals surface area contributed by atoms with Gasteiger partial charge in [-0.2, -0.15) is 4.98 Å². The van der Waals surface area contributed by atoms with E-state index in [1.807, 2.05) is 36.4 Å². The molecule has 0 radical (unpaired) electrons. The van der Waals surface area contributed by atoms with E-state index in [1.54, 1.807) is 13.2 Å². The normalized spacial score (nSPS) is 17.5. The van der Waals surface area contributed by atoms with Crippen LogP contribution in [-0.4, -0.2) is 35.2 Å². The molecule has 0 N–H and O–H groups in total. The van der Waals surface area contributed by atoms with Crippen LogP contribution in [0.3, 0.4) is 0 Å². The summed E-state index contributed by atoms with van der Waals surface area (Å²) in [6, 6.07) is 14.5. The molecule has 134 valence electrons. The summed E-state index contributed by atoms with van der Waals surface area (Å²) in [6.45, 7) is 2.28. The van der Waals surface area contributed by atoms with Crippen LogP contribution < -0.4 is 4.74 Å². The minimum absolute atomic E-state index is 0.157. The standard InChI is InChI=1S/C20H20FN3O2/c1-25-17-8-6-14(7-9-17)19-22-20(26-23-19)16-10-11-24(13-16)12-15-4-2-3-5-18(15)21/h2-9,16H,10-13H2,1H3/t16-/m1/s1. The third kappa shape index (κ3) is 3.46. The third-order valence-electron chi connectivity index (χ3n) is 4.76. The fraction of sp³-hybridized carbons (Fsp3) is 0.300. The zero-order valence-corrected chi connectivity index (χ0v) is 14.6. The molecular weight excluding hydrogens is 333 g/mol. The minimum atomic E-state index is -0.157. The van der Waals surface area contributed by atoms with Gasteiger partial charge in [0, 0.05) is 24.2 Å². The van der Waals surface area contributed by atoms with Crippen molar-refractivity contribution in [3.8, 4) is 17.1 Å². The summed E-state index contributed by atoms with van der Waals surface area (Å²) in [5, 5.41) is 4.10. The van der Waals surface area contributed by atoms with E-state index in [9.17, 15) is 4.39 Å². The Morgan fingerprint density at radius 3 is 2.77 bits per heavy atom. The fourth-order valence-corrected chi connectivity index (χ4v) is 3.30. The van der Waals surface area contributed by atoms with Crippen LogP contribution in [0.1, 0.15) is 23.8 Å². The molecule has 0 spiro atoms. The minimum Gasteiger partial charge on any atom is -0.497 e. The van der Waals surface area contributed by atoms with Gasteiger partial charge < -0.3 is 9.26 Å². The van der Waals surface area contributed by atoms with Gasteiger partial charge in [0.2, 0.25) is 11.7 Å². The van der Waals surface area contributed by atoms with Crippen LogP contribution in [0.15, 0.2) is 53.1 Å². The number of hydrogen-bond acceptors (Lipinski definition) is 5. The highest BCUT2D eigenvalue weighted by Gasteiger charge is 2.29. The van der Waals surface area contributed by atoms with E-state index in [2.05, 4.69) is 15.0 Å². The van der Waals surface area contributed by atoms with Gasteiger partial charge in [-0.05, 0) is 43.3 Å². The molecule has 2 aromatic carbocycles. The van der Waals surface area contributed by atoms with Crippen LogP contribution in [0.2, 0.25) is 0 Å². The Hall–Kier alpha value is -2.73. The summed E-state index contributed by atoms with van der Waals surface area (Å²) >= 11 is 0. The average molecular weight is 353 g/mol. The van der Waals surface area contributed by atoms with Crippen LogP contribution in [0.25, 0.3) is 11.4 Å². The first-order valence-corrected chi connectivity index (χ1v) is 8.66. The molecule has 0 saturated carbocycles. The van der Waals surface area contributed by atoms with Gasteiger partial charge in [0.15, 0.2) is 0 Å². The monoisotopic (exact) mass is 353 g/mol. The number of aromatic nitrogens is 2. The lowest BCUT2D eigenvalue weighted by atomic mass is 10.1. The number of rotatable bonds is 5. The van der Waals surface area contributed by atoms with Gasteiger partial charge >= 0.3 is 0 Å². The van der Waals surface area contributed by atoms with E-state index in [0.717, 1.165) is 36.4 Å². The molecule has 0 amide bonds. The molecule has 1 aliphatic heterocycles. The second kappa shape index (κ2) is 7.25. The first-order valence-electron chi connectivity index (χ1n) is 8.66. The van der Waals surface area contributed by atoms with E-state index in [4.69, 9.17) is 9.26 Å². The lowest BCUT2D eigenvalue weighted by Crippen LogP contribution is -2.20. The average Bonchev–Trinajstić information content (AvgIpc) is 3.33. The van der Waals surface area contributed by atoms with Gasteiger partial charge in [-0.15, -0.1) is 0 Å². The molecule has 1 atom stereocenters. The van der Waals surface area contributed by atoms with E-state index in [1.165, 1.54) is 6.07 Å². The molecular formula is C20H20FN3O2. The maximum Gasteiger partial charge on any atom is 0.231 e. The molecule has 0 unspecified atom stereocenters. The predicted molar refractivity (Wildman–Crippen MR) is 95.3 cm³/mol. The number of likely N-dealkylation sites (tertiary alicyclic amines) is 1. The number of nitrogens with zero attached hydrogens (tertiary/aromatic N) is 3. The first kappa shape index (κ1) is 16.7. The number of ether oxygens (including phenoxy) is 1. The van der Waals surface area contributed by atoms with Gasteiger partial charge in [0.25, 0.3) is 0 Å². The zero-order chi connectivity index (χ0) is 17.9. The van der Waals surface area contributed by atoms with Crippen LogP contribution in [0, 0.1) is 5.82 Å². The van der Waals surface area contributed by atoms with Crippen molar-refractivity contribution in [3.05, 3.63) is 65.8 Å². The van der Waals surface area contributed by atoms with Gasteiger partial charge in [-0.25, -0.2) is 4.39 Å². The Kier molecular flexibility index (Phi) is 4.67. The number of hydrogen-bond donors (Lipinski definition) is 0. The highest BCUT2D eigenvalue weighted by molar-refractivity contribution is 5.55. The summed E-state index contributed by atoms with van der Waals surface area (Å²) in [5.74, 6) is 2.04. The van der Waals surface area contributed by atoms with Gasteiger partial charge in [-0.3, -0.25) is 4.90 Å². The van der Waals surface area contributed by atoms with E-state index in [0.29, 0.717) is 18.3 Å². The number of methoxy groups -OCH3 is 1. The molecule has 26 heavy (non-hydrogen) atoms. The van der Waals surface area contributed by atoms with Gasteiger partial charge in [0.1, 0.15) is 11.6 Å². The molecule has 0 aliphatic carbocycles. The largest absolute Gasteiger partial charge is 0.497 e. The number of halogens is 1. The van der Waals surface area contributed by atoms with Gasteiger partial charge in [-0.1, -0.05) is 23.4 Å². The van der Waals surface area contributed by atoms with Crippen molar-refractivity contribution in [3.63, 3.8) is 0 Å². The Bertz CT molecular complexity index is 879. The van der Waals surface area contributed by atoms with Gasteiger partial charge in [0.05, 0.1) is 13.0 Å². The maximum atomic E-state index is 13.8. The summed E-state index contributed by atoms with van der Waals surface area (Å²) in [6.07, 6.45) is 0.929. The molecule has 3 aromatic rings. The second-order valence-corrected chi connectivity index (χ2v) is 6.50. The Morgan fingerprint density at radius 1 is 1.19 bits per heavy atom. The lowest BCUT2D eigenvalue weighted by Gasteiger charge is -2.15. The van der Waals surface area contributed by atoms with E-state index >= 15 is 0 Å². The summed E-state index contributed by atoms with van der Waals surface area (Å²) in [4.78, 5) is 6.78. The Morgan fingerprint density at radius 2 is 2.00 bits per heavy atom. The van der Waals surface area contributed by atoms with Crippen molar-refractivity contribution in [2.45, 2.75) is 18.9 Å². The maximum absolute atomic E-state index is 13.8. The summed E-state index contributed by atoms with van der Waals surface area (Å²) in [5.41, 5.74) is 1.61. The predicted octanol–water partition coefficient (Wildman–Crippen LogP) is 3.87. The second-order valence-electron chi connectivity index (χ2n) is 6.50. The highest BCUT2D eigenvalue weighted by Crippen LogP contribution is 2.29. The molecule has 1 aliphatic rings. The van der Waals surface area contributed by atoms with E-state index < -0.39 is 0 Å². The summed E-state index contributed by atoms with van der Waals surface area (Å²) < 4.78 is 24.5. The molecule has 2 heterocycles. The van der Waals surface area contributed by atoms with Crippen molar-refractivity contribution < 1.29 is 13.7 Å². The Labute approximate surface area is 151 Å². The topological polar surface area (TPSA) is 51.4 Å². The third-order valence-corrected chi connectivity index (χ3v) is 4.76. The van der Waals surface area contributed by atoms with Crippen molar-refractivity contribution in [1.82, 2.24) is 15.0 Å². The van der Waals surface area contributed by atoms with Crippen LogP contribution in [0.5, 0.6) is 5.75 Å². The van der Waals surface area contributed by atoms with Crippen LogP contribution in [-0.2, 0) is 6.54 Å². The Balaban J connectivity index is 1.43. The highest BCUT2D eigenvalue weighted by atomic mass is 19.1. The van der Waals surface area contributed by atoms with Crippen molar-refractivity contribution in [2.75, 3.05) is 20.2 Å². The zero-order valence-electron chi connectivity index (χ0n) is 14.6. The molecule has 1 aromatic heterocycles. The van der Waals surface area contributed by atoms with Crippen molar-refractivity contribution >= 4 is 0 Å². The van der Waals surface area contributed by atoms with Crippen molar-refractivity contribution in [1.29, 1.82) is 0 Å². The number of benzene rings is 2. The molecule has 4 rings (SSSR count). The molecule has 0 bridgehead atoms. The molecule has 5 nitrogen and oxygen atoms in total. The first-order chi connectivity index (χ1) is 12.7. The van der Waals surface area contributed by atoms with Crippen molar-refractivity contribution in [2.24, 2.45) is 0 Å². The smallest absolute Gasteiger partial charge is 0.231 e. The molecule has 1 saturated heterocycles. The lowest BCUT2D eigenvalue weighted by molar-refractivity contribution is 0.305. The fourth-order valence-electron chi connectivity index (χ4n) is 3.30. The van der Waals surface area contributed by atoms with Crippen LogP contribution in [0.4, 0.5) is 4.39 Å².